The van der Waals surface area contributed by atoms with Crippen LogP contribution in [0.1, 0.15) is 43.7 Å². The van der Waals surface area contributed by atoms with Gasteiger partial charge in [-0.15, -0.1) is 0 Å². The number of anilines is 1. The highest BCUT2D eigenvalue weighted by atomic mass is 32.2. The lowest BCUT2D eigenvalue weighted by Gasteiger charge is -2.32. The zero-order valence-corrected chi connectivity index (χ0v) is 26.8. The molecule has 4 aromatic carbocycles. The van der Waals surface area contributed by atoms with Gasteiger partial charge >= 0.3 is 0 Å². The number of hydrogen-bond donors (Lipinski definition) is 1. The Labute approximate surface area is 269 Å². The molecule has 0 bridgehead atoms. The van der Waals surface area contributed by atoms with Gasteiger partial charge in [-0.2, -0.15) is 0 Å². The van der Waals surface area contributed by atoms with Crippen LogP contribution in [0.3, 0.4) is 0 Å². The Hall–Kier alpha value is -4.70. The highest BCUT2D eigenvalue weighted by Gasteiger charge is 2.33. The topological polar surface area (TPSA) is 96.0 Å². The van der Waals surface area contributed by atoms with Crippen molar-refractivity contribution in [1.82, 2.24) is 10.2 Å². The van der Waals surface area contributed by atoms with Crippen molar-refractivity contribution in [1.29, 1.82) is 0 Å². The number of ether oxygens (including phenoxy) is 1. The van der Waals surface area contributed by atoms with Crippen molar-refractivity contribution in [2.24, 2.45) is 0 Å². The summed E-state index contributed by atoms with van der Waals surface area (Å²) >= 11 is 0. The molecule has 0 radical (unpaired) electrons. The predicted molar refractivity (Wildman–Crippen MR) is 175 cm³/mol. The van der Waals surface area contributed by atoms with Crippen LogP contribution in [0.5, 0.6) is 11.5 Å². The Kier molecular flexibility index (Phi) is 10.4. The van der Waals surface area contributed by atoms with Gasteiger partial charge in [-0.25, -0.2) is 12.8 Å². The van der Waals surface area contributed by atoms with Crippen molar-refractivity contribution in [3.8, 4) is 11.5 Å². The van der Waals surface area contributed by atoms with E-state index in [0.29, 0.717) is 11.5 Å². The van der Waals surface area contributed by atoms with E-state index in [1.807, 2.05) is 25.1 Å². The SMILES string of the molecule is Cc1ccc(S(=O)(=O)N(CC(=O)N(Cc2ccccc2F)[C@H](C)C(=O)NC2CCCC2)c2ccc(Oc3ccccc3)cc2)cc1. The normalized spacial score (nSPS) is 14.0. The molecule has 10 heteroatoms. The monoisotopic (exact) mass is 643 g/mol. The fourth-order valence-electron chi connectivity index (χ4n) is 5.46. The quantitative estimate of drug-likeness (QED) is 0.188. The van der Waals surface area contributed by atoms with E-state index in [1.54, 1.807) is 73.7 Å². The van der Waals surface area contributed by atoms with Crippen molar-refractivity contribution in [2.75, 3.05) is 10.8 Å². The number of carbonyl (C=O) groups is 2. The number of nitrogens with one attached hydrogen (secondary N) is 1. The lowest BCUT2D eigenvalue weighted by Crippen LogP contribution is -2.52. The van der Waals surface area contributed by atoms with E-state index >= 15 is 0 Å². The largest absolute Gasteiger partial charge is 0.457 e. The van der Waals surface area contributed by atoms with Gasteiger partial charge in [0.15, 0.2) is 0 Å². The van der Waals surface area contributed by atoms with Crippen LogP contribution >= 0.6 is 0 Å². The van der Waals surface area contributed by atoms with Gasteiger partial charge in [-0.1, -0.05) is 66.9 Å². The predicted octanol–water partition coefficient (Wildman–Crippen LogP) is 6.60. The van der Waals surface area contributed by atoms with Gasteiger partial charge in [0.25, 0.3) is 10.0 Å². The number of amides is 2. The Morgan fingerprint density at radius 1 is 0.870 bits per heavy atom. The first-order valence-corrected chi connectivity index (χ1v) is 16.8. The summed E-state index contributed by atoms with van der Waals surface area (Å²) in [6, 6.07) is 26.9. The smallest absolute Gasteiger partial charge is 0.264 e. The summed E-state index contributed by atoms with van der Waals surface area (Å²) in [5, 5.41) is 3.01. The van der Waals surface area contributed by atoms with Gasteiger partial charge in [-0.3, -0.25) is 13.9 Å². The van der Waals surface area contributed by atoms with Crippen LogP contribution in [-0.2, 0) is 26.2 Å². The van der Waals surface area contributed by atoms with Crippen molar-refractivity contribution in [3.05, 3.63) is 120 Å². The molecule has 0 aliphatic heterocycles. The van der Waals surface area contributed by atoms with Gasteiger partial charge in [0.1, 0.15) is 29.9 Å². The first-order valence-electron chi connectivity index (χ1n) is 15.4. The fourth-order valence-corrected chi connectivity index (χ4v) is 6.87. The number of hydrogen-bond acceptors (Lipinski definition) is 5. The molecule has 1 saturated carbocycles. The summed E-state index contributed by atoms with van der Waals surface area (Å²) in [5.41, 5.74) is 1.32. The van der Waals surface area contributed by atoms with Crippen molar-refractivity contribution in [2.45, 2.75) is 63.1 Å². The number of carbonyl (C=O) groups excluding carboxylic acids is 2. The number of rotatable bonds is 12. The third-order valence-corrected chi connectivity index (χ3v) is 9.95. The minimum absolute atomic E-state index is 0.00295. The maximum Gasteiger partial charge on any atom is 0.264 e. The van der Waals surface area contributed by atoms with Gasteiger partial charge in [0.2, 0.25) is 11.8 Å². The molecule has 4 aromatic rings. The summed E-state index contributed by atoms with van der Waals surface area (Å²) in [6.07, 6.45) is 3.73. The van der Waals surface area contributed by atoms with E-state index in [1.165, 1.54) is 23.1 Å². The van der Waals surface area contributed by atoms with Crippen LogP contribution in [0.4, 0.5) is 10.1 Å². The molecule has 1 atom stereocenters. The maximum atomic E-state index is 14.8. The average Bonchev–Trinajstić information content (AvgIpc) is 3.57. The molecule has 1 aliphatic rings. The van der Waals surface area contributed by atoms with Crippen LogP contribution in [0.2, 0.25) is 0 Å². The van der Waals surface area contributed by atoms with Crippen LogP contribution in [0.15, 0.2) is 108 Å². The van der Waals surface area contributed by atoms with Gasteiger partial charge in [0.05, 0.1) is 10.6 Å². The molecular formula is C36H38FN3O5S. The second kappa shape index (κ2) is 14.6. The number of sulfonamides is 1. The van der Waals surface area contributed by atoms with E-state index in [9.17, 15) is 22.4 Å². The number of para-hydroxylation sites is 1. The molecule has 0 saturated heterocycles. The third kappa shape index (κ3) is 7.92. The van der Waals surface area contributed by atoms with E-state index in [2.05, 4.69) is 5.32 Å². The lowest BCUT2D eigenvalue weighted by atomic mass is 10.1. The Morgan fingerprint density at radius 2 is 1.48 bits per heavy atom. The molecule has 46 heavy (non-hydrogen) atoms. The molecule has 5 rings (SSSR count). The van der Waals surface area contributed by atoms with Gasteiger partial charge < -0.3 is 15.0 Å². The highest BCUT2D eigenvalue weighted by molar-refractivity contribution is 7.92. The fraction of sp³-hybridized carbons (Fsp3) is 0.278. The van der Waals surface area contributed by atoms with Crippen LogP contribution in [-0.4, -0.2) is 43.8 Å². The van der Waals surface area contributed by atoms with Crippen LogP contribution in [0, 0.1) is 12.7 Å². The maximum absolute atomic E-state index is 14.8. The molecule has 1 N–H and O–H groups in total. The average molecular weight is 644 g/mol. The summed E-state index contributed by atoms with van der Waals surface area (Å²) in [5.74, 6) is -0.457. The molecule has 2 amide bonds. The van der Waals surface area contributed by atoms with Crippen molar-refractivity contribution < 1.29 is 27.1 Å². The second-order valence-corrected chi connectivity index (χ2v) is 13.4. The summed E-state index contributed by atoms with van der Waals surface area (Å²) in [7, 11) is -4.25. The number of aryl methyl sites for hydroxylation is 1. The Balaban J connectivity index is 1.47. The first kappa shape index (κ1) is 32.7. The van der Waals surface area contributed by atoms with Crippen LogP contribution in [0.25, 0.3) is 0 Å². The van der Waals surface area contributed by atoms with Crippen LogP contribution < -0.4 is 14.4 Å². The standard InChI is InChI=1S/C36H38FN3O5S/c1-26-16-22-33(23-17-26)46(43,44)40(30-18-20-32(21-19-30)45-31-13-4-3-5-14-31)25-35(41)39(24-28-10-6-9-15-34(28)37)27(2)36(42)38-29-11-7-8-12-29/h3-6,9-10,13-23,27,29H,7-8,11-12,24-25H2,1-2H3,(H,38,42)/t27-/m1/s1. The molecule has 240 valence electrons. The zero-order valence-electron chi connectivity index (χ0n) is 25.9. The van der Waals surface area contributed by atoms with Crippen molar-refractivity contribution >= 4 is 27.5 Å². The molecule has 1 aliphatic carbocycles. The summed E-state index contributed by atoms with van der Waals surface area (Å²) < 4.78 is 49.9. The molecule has 0 spiro atoms. The molecule has 0 heterocycles. The molecular weight excluding hydrogens is 605 g/mol. The lowest BCUT2D eigenvalue weighted by molar-refractivity contribution is -0.139. The zero-order chi connectivity index (χ0) is 32.7. The number of benzene rings is 4. The minimum atomic E-state index is -4.25. The van der Waals surface area contributed by atoms with Gasteiger partial charge in [-0.05, 0) is 81.3 Å². The van der Waals surface area contributed by atoms with E-state index in [4.69, 9.17) is 4.74 Å². The van der Waals surface area contributed by atoms with E-state index in [-0.39, 0.29) is 34.6 Å². The molecule has 1 fully saturated rings. The molecule has 0 unspecified atom stereocenters. The van der Waals surface area contributed by atoms with Crippen molar-refractivity contribution in [3.63, 3.8) is 0 Å². The highest BCUT2D eigenvalue weighted by Crippen LogP contribution is 2.29. The second-order valence-electron chi connectivity index (χ2n) is 11.5. The minimum Gasteiger partial charge on any atom is -0.457 e. The first-order chi connectivity index (χ1) is 22.1. The third-order valence-electron chi connectivity index (χ3n) is 8.16. The van der Waals surface area contributed by atoms with E-state index < -0.39 is 34.3 Å². The number of nitrogens with zero attached hydrogens (tertiary/aromatic N) is 2. The summed E-state index contributed by atoms with van der Waals surface area (Å²) in [6.45, 7) is 2.59. The Morgan fingerprint density at radius 3 is 2.13 bits per heavy atom. The molecule has 0 aromatic heterocycles. The Bertz CT molecular complexity index is 1740. The number of halogens is 1. The van der Waals surface area contributed by atoms with Gasteiger partial charge in [0, 0.05) is 18.2 Å². The van der Waals surface area contributed by atoms with E-state index in [0.717, 1.165) is 35.6 Å². The molecule has 8 nitrogen and oxygen atoms in total. The summed E-state index contributed by atoms with van der Waals surface area (Å²) in [4.78, 5) is 28.8.